The molecular weight excluding hydrogens is 1440 g/mol. The SMILES string of the molecule is CC[C@H](C)[C@@H]1NC(=O)[C@H](CC(C)C)N(C)C(=O)C[C@@H](C(=O)N2CCOCC2)N(C)C(=O)[C@H](C2CCCCC2)N(C)C(=O)C2(CCCC2)NC(=O)[C@@H]2CCCN2C(=O)[C@H](CCC2CC(F)C(C(F)(F)F)C(F)C2)NC(=O)CN(C)C(=O)[C@H](CC2CCC(C(F)(F)F)CC2)N2CCCC[C@@H](C2=O)N(C)C(=O)CN(C)C1=O. The molecular formula is C76H118F8N12O13. The summed E-state index contributed by atoms with van der Waals surface area (Å²) < 4.78 is 121. The van der Waals surface area contributed by atoms with Crippen LogP contribution in [0.15, 0.2) is 0 Å². The average Bonchev–Trinajstić information content (AvgIpc) is 1.76. The Kier molecular flexibility index (Phi) is 30.6. The van der Waals surface area contributed by atoms with E-state index in [0.29, 0.717) is 51.4 Å². The highest BCUT2D eigenvalue weighted by Crippen LogP contribution is 2.46. The van der Waals surface area contributed by atoms with Gasteiger partial charge in [-0.3, -0.25) is 57.5 Å². The second-order valence-corrected chi connectivity index (χ2v) is 32.9. The molecule has 4 aliphatic heterocycles. The highest BCUT2D eigenvalue weighted by Gasteiger charge is 2.56. The van der Waals surface area contributed by atoms with Crippen LogP contribution in [0.25, 0.3) is 0 Å². The third-order valence-electron chi connectivity index (χ3n) is 24.9. The lowest BCUT2D eigenvalue weighted by atomic mass is 9.76. The minimum atomic E-state index is -5.20. The van der Waals surface area contributed by atoms with Crippen LogP contribution in [0.4, 0.5) is 35.1 Å². The molecule has 0 aromatic rings. The van der Waals surface area contributed by atoms with Crippen molar-refractivity contribution < 1.29 is 97.4 Å². The minimum Gasteiger partial charge on any atom is -0.378 e. The number of halogens is 8. The van der Waals surface area contributed by atoms with Crippen LogP contribution in [-0.2, 0) is 62.3 Å². The number of alkyl halides is 8. The topological polar surface area (TPSA) is 279 Å². The maximum atomic E-state index is 15.8. The first-order chi connectivity index (χ1) is 51.3. The monoisotopic (exact) mass is 1560 g/mol. The van der Waals surface area contributed by atoms with E-state index in [0.717, 1.165) is 21.1 Å². The number of carbonyl (C=O) groups is 12. The number of rotatable bonds is 11. The molecule has 8 fully saturated rings. The van der Waals surface area contributed by atoms with Crippen molar-refractivity contribution in [2.45, 2.75) is 273 Å². The predicted octanol–water partition coefficient (Wildman–Crippen LogP) is 6.72. The number of carbonyl (C=O) groups excluding carboxylic acids is 12. The molecule has 4 aliphatic carbocycles. The first-order valence-corrected chi connectivity index (χ1v) is 39.7. The lowest BCUT2D eigenvalue weighted by Gasteiger charge is -2.43. The highest BCUT2D eigenvalue weighted by atomic mass is 19.4. The van der Waals surface area contributed by atoms with Gasteiger partial charge in [-0.15, -0.1) is 0 Å². The number of morpholine rings is 1. The fourth-order valence-corrected chi connectivity index (χ4v) is 18.1. The van der Waals surface area contributed by atoms with Gasteiger partial charge in [-0.2, -0.15) is 26.3 Å². The molecule has 0 radical (unpaired) electrons. The van der Waals surface area contributed by atoms with Crippen molar-refractivity contribution in [3.05, 3.63) is 0 Å². The lowest BCUT2D eigenvalue weighted by Crippen LogP contribution is -2.65. The van der Waals surface area contributed by atoms with Gasteiger partial charge in [0.15, 0.2) is 0 Å². The third kappa shape index (κ3) is 21.4. The highest BCUT2D eigenvalue weighted by molar-refractivity contribution is 6.01. The molecule has 25 nitrogen and oxygen atoms in total. The van der Waals surface area contributed by atoms with Gasteiger partial charge in [0, 0.05) is 68.5 Å². The minimum absolute atomic E-state index is 0.0174. The molecule has 0 aromatic carbocycles. The van der Waals surface area contributed by atoms with Crippen molar-refractivity contribution in [2.24, 2.45) is 41.4 Å². The summed E-state index contributed by atoms with van der Waals surface area (Å²) in [6.45, 7) is 6.08. The summed E-state index contributed by atoms with van der Waals surface area (Å²) in [6, 6.07) is -11.0. The predicted molar refractivity (Wildman–Crippen MR) is 384 cm³/mol. The second-order valence-electron chi connectivity index (χ2n) is 32.9. The molecule has 2 unspecified atom stereocenters. The van der Waals surface area contributed by atoms with E-state index in [1.807, 2.05) is 13.8 Å². The van der Waals surface area contributed by atoms with Crippen LogP contribution in [0.2, 0.25) is 0 Å². The molecule has 12 amide bonds. The zero-order chi connectivity index (χ0) is 80.3. The average molecular weight is 1560 g/mol. The van der Waals surface area contributed by atoms with Gasteiger partial charge < -0.3 is 64.8 Å². The van der Waals surface area contributed by atoms with E-state index in [9.17, 15) is 40.7 Å². The zero-order valence-electron chi connectivity index (χ0n) is 65.2. The Morgan fingerprint density at radius 2 is 1.16 bits per heavy atom. The lowest BCUT2D eigenvalue weighted by molar-refractivity contribution is -0.219. The number of nitrogens with zero attached hydrogens (tertiary/aromatic N) is 9. The number of ether oxygens (including phenoxy) is 1. The zero-order valence-corrected chi connectivity index (χ0v) is 65.2. The molecule has 8 aliphatic rings. The van der Waals surface area contributed by atoms with Gasteiger partial charge in [0.05, 0.1) is 38.6 Å². The molecule has 616 valence electrons. The fourth-order valence-electron chi connectivity index (χ4n) is 18.1. The van der Waals surface area contributed by atoms with Gasteiger partial charge in [0.25, 0.3) is 0 Å². The fraction of sp³-hybridized carbons (Fsp3) is 0.842. The van der Waals surface area contributed by atoms with Gasteiger partial charge in [-0.1, -0.05) is 66.2 Å². The molecule has 4 heterocycles. The molecule has 4 saturated heterocycles. The smallest absolute Gasteiger partial charge is 0.378 e. The number of hydrogen-bond acceptors (Lipinski definition) is 13. The molecule has 1 spiro atoms. The van der Waals surface area contributed by atoms with Crippen molar-refractivity contribution in [1.29, 1.82) is 0 Å². The molecule has 4 saturated carbocycles. The van der Waals surface area contributed by atoms with E-state index in [1.54, 1.807) is 13.8 Å². The number of hydrogen-bond donors (Lipinski definition) is 3. The Morgan fingerprint density at radius 3 is 1.75 bits per heavy atom. The molecule has 0 aromatic heterocycles. The Balaban J connectivity index is 1.19. The summed E-state index contributed by atoms with van der Waals surface area (Å²) >= 11 is 0. The molecule has 109 heavy (non-hydrogen) atoms. The second kappa shape index (κ2) is 38.0. The van der Waals surface area contributed by atoms with Crippen LogP contribution >= 0.6 is 0 Å². The number of fused-ring (bicyclic) bond motifs is 3. The van der Waals surface area contributed by atoms with Crippen molar-refractivity contribution in [1.82, 2.24) is 60.0 Å². The summed E-state index contributed by atoms with van der Waals surface area (Å²) in [5.41, 5.74) is -1.67. The van der Waals surface area contributed by atoms with Crippen molar-refractivity contribution in [3.8, 4) is 0 Å². The van der Waals surface area contributed by atoms with Gasteiger partial charge >= 0.3 is 12.4 Å². The molecule has 2 bridgehead atoms. The summed E-state index contributed by atoms with van der Waals surface area (Å²) in [5.74, 6) is -16.4. The van der Waals surface area contributed by atoms with E-state index in [4.69, 9.17) is 4.74 Å². The standard InChI is InChI=1S/C76H118F8N12O13/c1-11-46(4)63-71(106)89(6)44-61(99)90(7)55-22-15-18-32-96(70(55)105)58(41-47-24-27-50(28-25-47)75(79,80)81)68(103)88(5)43-59(97)85-53(29-26-48-39-51(77)62(52(78)40-48)76(82,83)84)67(102)95-33-19-23-54(95)66(101)87-74(30-16-17-31-74)73(108)93(10)64(49-20-13-12-14-21-49)72(107)92(9)57(69(104)94-34-36-109-37-35-94)42-60(98)91(8)56(38-45(2)3)65(100)86-63/h45-58,62-64H,11-44H2,1-10H3,(H,85,97)(H,86,100)(H,87,101)/t46-,47?,48?,50?,51?,52?,53-,54-,55-,56-,57-,58-,62?,63-,64-/m0/s1. The van der Waals surface area contributed by atoms with E-state index < -0.39 is 224 Å². The van der Waals surface area contributed by atoms with Gasteiger partial charge in [0.2, 0.25) is 70.9 Å². The Labute approximate surface area is 635 Å². The van der Waals surface area contributed by atoms with Crippen LogP contribution in [-0.4, -0.2) is 288 Å². The number of likely N-dealkylation sites (N-methyl/N-ethyl adjacent to an activating group) is 6. The van der Waals surface area contributed by atoms with Crippen LogP contribution in [0.3, 0.4) is 0 Å². The van der Waals surface area contributed by atoms with Crippen molar-refractivity contribution in [2.75, 3.05) is 94.8 Å². The molecule has 11 atom stereocenters. The van der Waals surface area contributed by atoms with Crippen LogP contribution in [0, 0.1) is 41.4 Å². The maximum Gasteiger partial charge on any atom is 0.397 e. The van der Waals surface area contributed by atoms with Crippen molar-refractivity contribution >= 4 is 70.9 Å². The molecule has 3 N–H and O–H groups in total. The Hall–Kier alpha value is -6.96. The maximum absolute atomic E-state index is 15.8. The van der Waals surface area contributed by atoms with Gasteiger partial charge in [-0.05, 0) is 152 Å². The Morgan fingerprint density at radius 1 is 0.560 bits per heavy atom. The summed E-state index contributed by atoms with van der Waals surface area (Å²) in [4.78, 5) is 193. The van der Waals surface area contributed by atoms with E-state index in [-0.39, 0.29) is 129 Å². The quantitative estimate of drug-likeness (QED) is 0.181. The van der Waals surface area contributed by atoms with Gasteiger partial charge in [-0.25, -0.2) is 8.78 Å². The van der Waals surface area contributed by atoms with Crippen molar-refractivity contribution in [3.63, 3.8) is 0 Å². The largest absolute Gasteiger partial charge is 0.397 e. The van der Waals surface area contributed by atoms with Crippen LogP contribution < -0.4 is 16.0 Å². The Bertz CT molecular complexity index is 3210. The molecule has 33 heteroatoms. The van der Waals surface area contributed by atoms with E-state index in [1.165, 1.54) is 71.7 Å². The number of amides is 12. The number of nitrogens with one attached hydrogen (secondary N) is 3. The third-order valence-corrected chi connectivity index (χ3v) is 24.9. The summed E-state index contributed by atoms with van der Waals surface area (Å²) in [7, 11) is 8.17. The van der Waals surface area contributed by atoms with Crippen LogP contribution in [0.1, 0.15) is 195 Å². The first-order valence-electron chi connectivity index (χ1n) is 39.7. The first kappa shape index (κ1) is 87.6. The van der Waals surface area contributed by atoms with Gasteiger partial charge in [0.1, 0.15) is 72.1 Å². The normalized spacial score (nSPS) is 32.0. The van der Waals surface area contributed by atoms with E-state index in [2.05, 4.69) is 16.0 Å². The van der Waals surface area contributed by atoms with Crippen LogP contribution in [0.5, 0.6) is 0 Å². The van der Waals surface area contributed by atoms with E-state index >= 15 is 51.9 Å². The summed E-state index contributed by atoms with van der Waals surface area (Å²) in [5, 5.41) is 8.53. The summed E-state index contributed by atoms with van der Waals surface area (Å²) in [6.07, 6.45) is -12.9. The molecule has 8 rings (SSSR count).